The molecule has 0 aliphatic heterocycles. The van der Waals surface area contributed by atoms with Crippen LogP contribution in [0, 0.1) is 17.1 Å². The van der Waals surface area contributed by atoms with Crippen LogP contribution in [0.15, 0.2) is 53.0 Å². The van der Waals surface area contributed by atoms with E-state index in [-0.39, 0.29) is 5.82 Å². The summed E-state index contributed by atoms with van der Waals surface area (Å²) in [5.41, 5.74) is 2.14. The van der Waals surface area contributed by atoms with Gasteiger partial charge >= 0.3 is 0 Å². The molecule has 0 N–H and O–H groups in total. The molecule has 2 rings (SSSR count). The second-order valence-electron chi connectivity index (χ2n) is 3.73. The maximum Gasteiger partial charge on any atom is 0.123 e. The summed E-state index contributed by atoms with van der Waals surface area (Å²) < 4.78 is 13.8. The zero-order valence-corrected chi connectivity index (χ0v) is 11.0. The molecule has 2 aromatic rings. The first-order valence-corrected chi connectivity index (χ1v) is 6.11. The molecule has 2 aromatic carbocycles. The number of halogens is 2. The first kappa shape index (κ1) is 12.5. The van der Waals surface area contributed by atoms with Gasteiger partial charge in [-0.15, -0.1) is 0 Å². The van der Waals surface area contributed by atoms with Crippen molar-refractivity contribution in [3.63, 3.8) is 0 Å². The quantitative estimate of drug-likeness (QED) is 0.585. The number of hydrogen-bond acceptors (Lipinski definition) is 1. The van der Waals surface area contributed by atoms with Crippen molar-refractivity contribution in [1.82, 2.24) is 0 Å². The first-order chi connectivity index (χ1) is 8.69. The summed E-state index contributed by atoms with van der Waals surface area (Å²) in [6, 6.07) is 15.7. The van der Waals surface area contributed by atoms with Crippen LogP contribution in [0.5, 0.6) is 0 Å². The van der Waals surface area contributed by atoms with Crippen LogP contribution in [0.2, 0.25) is 0 Å². The molecule has 0 saturated heterocycles. The Labute approximate surface area is 113 Å². The van der Waals surface area contributed by atoms with E-state index in [1.807, 2.05) is 24.3 Å². The smallest absolute Gasteiger partial charge is 0.123 e. The highest BCUT2D eigenvalue weighted by atomic mass is 79.9. The lowest BCUT2D eigenvalue weighted by Crippen LogP contribution is -1.83. The summed E-state index contributed by atoms with van der Waals surface area (Å²) in [4.78, 5) is 0. The van der Waals surface area contributed by atoms with Gasteiger partial charge in [-0.3, -0.25) is 0 Å². The van der Waals surface area contributed by atoms with Crippen LogP contribution in [0.3, 0.4) is 0 Å². The van der Waals surface area contributed by atoms with E-state index in [0.29, 0.717) is 11.1 Å². The van der Waals surface area contributed by atoms with Crippen LogP contribution in [0.4, 0.5) is 4.39 Å². The number of hydrogen-bond donors (Lipinski definition) is 0. The molecule has 0 saturated carbocycles. The minimum Gasteiger partial charge on any atom is -0.207 e. The molecule has 0 radical (unpaired) electrons. The van der Waals surface area contributed by atoms with Gasteiger partial charge in [0.1, 0.15) is 5.82 Å². The standard InChI is InChI=1S/C15H9BrFN/c16-14-3-1-2-11(9-14)8-13(10-18)12-4-6-15(17)7-5-12/h1-9H/b13-8-. The van der Waals surface area contributed by atoms with Gasteiger partial charge in [0.05, 0.1) is 11.6 Å². The van der Waals surface area contributed by atoms with E-state index < -0.39 is 0 Å². The largest absolute Gasteiger partial charge is 0.207 e. The summed E-state index contributed by atoms with van der Waals surface area (Å²) in [7, 11) is 0. The monoisotopic (exact) mass is 301 g/mol. The molecule has 0 unspecified atom stereocenters. The normalized spacial score (nSPS) is 11.1. The maximum atomic E-state index is 12.8. The Bertz CT molecular complexity index is 624. The predicted molar refractivity (Wildman–Crippen MR) is 74.0 cm³/mol. The highest BCUT2D eigenvalue weighted by Crippen LogP contribution is 2.20. The van der Waals surface area contributed by atoms with Crippen LogP contribution >= 0.6 is 15.9 Å². The Balaban J connectivity index is 2.40. The van der Waals surface area contributed by atoms with Crippen LogP contribution in [-0.2, 0) is 0 Å². The first-order valence-electron chi connectivity index (χ1n) is 5.32. The van der Waals surface area contributed by atoms with E-state index in [9.17, 15) is 4.39 Å². The summed E-state index contributed by atoms with van der Waals surface area (Å²) >= 11 is 3.38. The molecule has 0 atom stereocenters. The van der Waals surface area contributed by atoms with Crippen molar-refractivity contribution in [1.29, 1.82) is 5.26 Å². The fourth-order valence-corrected chi connectivity index (χ4v) is 1.99. The summed E-state index contributed by atoms with van der Waals surface area (Å²) in [6.45, 7) is 0. The third kappa shape index (κ3) is 3.06. The highest BCUT2D eigenvalue weighted by molar-refractivity contribution is 9.10. The van der Waals surface area contributed by atoms with Crippen LogP contribution < -0.4 is 0 Å². The van der Waals surface area contributed by atoms with Gasteiger partial charge in [-0.05, 0) is 41.5 Å². The number of rotatable bonds is 2. The van der Waals surface area contributed by atoms with Crippen molar-refractivity contribution in [3.05, 3.63) is 69.9 Å². The molecule has 0 aliphatic carbocycles. The highest BCUT2D eigenvalue weighted by Gasteiger charge is 2.01. The molecule has 0 fully saturated rings. The van der Waals surface area contributed by atoms with Gasteiger partial charge in [0.25, 0.3) is 0 Å². The SMILES string of the molecule is N#C/C(=C/c1cccc(Br)c1)c1ccc(F)cc1. The minimum atomic E-state index is -0.307. The lowest BCUT2D eigenvalue weighted by Gasteiger charge is -2.00. The fraction of sp³-hybridized carbons (Fsp3) is 0. The Morgan fingerprint density at radius 1 is 1.17 bits per heavy atom. The van der Waals surface area contributed by atoms with Gasteiger partial charge in [0.15, 0.2) is 0 Å². The maximum absolute atomic E-state index is 12.8. The molecule has 0 amide bonds. The summed E-state index contributed by atoms with van der Waals surface area (Å²) in [6.07, 6.45) is 1.78. The Hall–Kier alpha value is -1.92. The molecule has 3 heteroatoms. The van der Waals surface area contributed by atoms with Crippen LogP contribution in [-0.4, -0.2) is 0 Å². The molecule has 0 heterocycles. The molecule has 0 aromatic heterocycles. The Kier molecular flexibility index (Phi) is 3.91. The Morgan fingerprint density at radius 3 is 2.50 bits per heavy atom. The molecule has 88 valence electrons. The van der Waals surface area contributed by atoms with Crippen molar-refractivity contribution >= 4 is 27.6 Å². The number of benzene rings is 2. The van der Waals surface area contributed by atoms with E-state index in [0.717, 1.165) is 10.0 Å². The second kappa shape index (κ2) is 5.61. The van der Waals surface area contributed by atoms with E-state index >= 15 is 0 Å². The minimum absolute atomic E-state index is 0.307. The van der Waals surface area contributed by atoms with Gasteiger partial charge < -0.3 is 0 Å². The average Bonchev–Trinajstić information content (AvgIpc) is 2.37. The zero-order valence-electron chi connectivity index (χ0n) is 9.40. The van der Waals surface area contributed by atoms with Gasteiger partial charge in [-0.1, -0.05) is 40.2 Å². The molecule has 0 bridgehead atoms. The van der Waals surface area contributed by atoms with Gasteiger partial charge in [-0.25, -0.2) is 4.39 Å². The van der Waals surface area contributed by atoms with E-state index in [1.54, 1.807) is 18.2 Å². The number of nitrogens with zero attached hydrogens (tertiary/aromatic N) is 1. The number of nitriles is 1. The van der Waals surface area contributed by atoms with Crippen molar-refractivity contribution in [2.75, 3.05) is 0 Å². The van der Waals surface area contributed by atoms with Crippen molar-refractivity contribution in [2.45, 2.75) is 0 Å². The molecule has 1 nitrogen and oxygen atoms in total. The third-order valence-corrected chi connectivity index (χ3v) is 2.93. The van der Waals surface area contributed by atoms with Gasteiger partial charge in [0.2, 0.25) is 0 Å². The summed E-state index contributed by atoms with van der Waals surface area (Å²) in [5.74, 6) is -0.307. The van der Waals surface area contributed by atoms with Crippen LogP contribution in [0.25, 0.3) is 11.6 Å². The lowest BCUT2D eigenvalue weighted by molar-refractivity contribution is 0.627. The van der Waals surface area contributed by atoms with E-state index in [2.05, 4.69) is 22.0 Å². The van der Waals surface area contributed by atoms with Crippen molar-refractivity contribution < 1.29 is 4.39 Å². The van der Waals surface area contributed by atoms with Crippen molar-refractivity contribution in [3.8, 4) is 6.07 Å². The molecule has 18 heavy (non-hydrogen) atoms. The molecule has 0 aliphatic rings. The average molecular weight is 302 g/mol. The lowest BCUT2D eigenvalue weighted by atomic mass is 10.0. The van der Waals surface area contributed by atoms with Crippen molar-refractivity contribution in [2.24, 2.45) is 0 Å². The topological polar surface area (TPSA) is 23.8 Å². The van der Waals surface area contributed by atoms with E-state index in [1.165, 1.54) is 12.1 Å². The Morgan fingerprint density at radius 2 is 1.89 bits per heavy atom. The molecule has 0 spiro atoms. The molecular formula is C15H9BrFN. The number of allylic oxidation sites excluding steroid dienone is 1. The molecular weight excluding hydrogens is 293 g/mol. The predicted octanol–water partition coefficient (Wildman–Crippen LogP) is 4.65. The second-order valence-corrected chi connectivity index (χ2v) is 4.65. The fourth-order valence-electron chi connectivity index (χ4n) is 1.57. The van der Waals surface area contributed by atoms with Gasteiger partial charge in [-0.2, -0.15) is 5.26 Å². The van der Waals surface area contributed by atoms with E-state index in [4.69, 9.17) is 5.26 Å². The third-order valence-electron chi connectivity index (χ3n) is 2.44. The van der Waals surface area contributed by atoms with Crippen LogP contribution in [0.1, 0.15) is 11.1 Å². The zero-order chi connectivity index (χ0) is 13.0. The summed E-state index contributed by atoms with van der Waals surface area (Å²) in [5, 5.41) is 9.16. The van der Waals surface area contributed by atoms with Gasteiger partial charge in [0, 0.05) is 4.47 Å².